The predicted octanol–water partition coefficient (Wildman–Crippen LogP) is 0.624. The summed E-state index contributed by atoms with van der Waals surface area (Å²) >= 11 is 0. The lowest BCUT2D eigenvalue weighted by atomic mass is 10.1. The smallest absolute Gasteiger partial charge is 0.298 e. The molecule has 1 N–H and O–H groups in total. The van der Waals surface area contributed by atoms with Crippen LogP contribution in [0.2, 0.25) is 0 Å². The Balaban J connectivity index is 2.29. The van der Waals surface area contributed by atoms with Gasteiger partial charge in [0.2, 0.25) is 0 Å². The summed E-state index contributed by atoms with van der Waals surface area (Å²) in [6.07, 6.45) is 0.0435. The van der Waals surface area contributed by atoms with Crippen LogP contribution in [0.5, 0.6) is 0 Å². The summed E-state index contributed by atoms with van der Waals surface area (Å²) in [7, 11) is 0. The lowest BCUT2D eigenvalue weighted by molar-refractivity contribution is -1.12. The summed E-state index contributed by atoms with van der Waals surface area (Å²) in [6.45, 7) is 0. The third-order valence-corrected chi connectivity index (χ3v) is 2.75. The van der Waals surface area contributed by atoms with Crippen LogP contribution in [0.4, 0.5) is 0 Å². The average Bonchev–Trinajstić information content (AvgIpc) is 2.66. The van der Waals surface area contributed by atoms with Gasteiger partial charge in [-0.15, -0.1) is 0 Å². The maximum atomic E-state index is 11.8. The van der Waals surface area contributed by atoms with Gasteiger partial charge in [-0.2, -0.15) is 5.21 Å². The van der Waals surface area contributed by atoms with Crippen molar-refractivity contribution in [1.29, 1.82) is 0 Å². The normalized spacial score (nSPS) is 17.3. The molecule has 7 nitrogen and oxygen atoms in total. The van der Waals surface area contributed by atoms with Crippen molar-refractivity contribution in [2.45, 2.75) is 12.8 Å². The van der Waals surface area contributed by atoms with Crippen molar-refractivity contribution in [1.82, 2.24) is 0 Å². The Morgan fingerprint density at radius 3 is 2.37 bits per heavy atom. The van der Waals surface area contributed by atoms with Gasteiger partial charge in [0.1, 0.15) is 4.81 Å². The fraction of sp³-hybridized carbons (Fsp3) is 0.167. The molecule has 0 aromatic heterocycles. The number of benzene rings is 1. The number of hydrogen-bond acceptors (Lipinski definition) is 6. The highest BCUT2D eigenvalue weighted by Crippen LogP contribution is 2.22. The summed E-state index contributed by atoms with van der Waals surface area (Å²) in [6, 6.07) is 5.69. The Morgan fingerprint density at radius 1 is 1.21 bits per heavy atom. The summed E-state index contributed by atoms with van der Waals surface area (Å²) in [5.41, 5.74) is -0.0882. The van der Waals surface area contributed by atoms with E-state index in [-0.39, 0.29) is 24.0 Å². The number of rotatable bonds is 3. The molecule has 0 atom stereocenters. The molecule has 98 valence electrons. The summed E-state index contributed by atoms with van der Waals surface area (Å²) in [4.78, 5) is 47.9. The maximum absolute atomic E-state index is 11.8. The summed E-state index contributed by atoms with van der Waals surface area (Å²) in [5.74, 6) is -2.95. The molecule has 7 heteroatoms. The van der Waals surface area contributed by atoms with E-state index in [4.69, 9.17) is 0 Å². The Kier molecular flexibility index (Phi) is 3.24. The number of hydrogen-bond donors (Lipinski definition) is 1. The summed E-state index contributed by atoms with van der Waals surface area (Å²) in [5, 5.41) is 9.73. The van der Waals surface area contributed by atoms with E-state index in [0.717, 1.165) is 0 Å². The molecule has 19 heavy (non-hydrogen) atoms. The zero-order valence-corrected chi connectivity index (χ0v) is 9.74. The maximum Gasteiger partial charge on any atom is 0.404 e. The van der Waals surface area contributed by atoms with E-state index in [1.54, 1.807) is 0 Å². The first-order chi connectivity index (χ1) is 8.99. The van der Waals surface area contributed by atoms with Crippen LogP contribution in [0.1, 0.15) is 33.6 Å². The van der Waals surface area contributed by atoms with Gasteiger partial charge in [0, 0.05) is 5.56 Å². The Bertz CT molecular complexity index is 563. The number of carbonyl (C=O) groups excluding carboxylic acids is 4. The van der Waals surface area contributed by atoms with Crippen molar-refractivity contribution in [2.75, 3.05) is 0 Å². The largest absolute Gasteiger partial charge is 0.404 e. The fourth-order valence-corrected chi connectivity index (χ4v) is 1.71. The molecule has 0 unspecified atom stereocenters. The monoisotopic (exact) mass is 264 g/mol. The van der Waals surface area contributed by atoms with Crippen molar-refractivity contribution < 1.29 is 34.0 Å². The molecule has 1 saturated heterocycles. The van der Waals surface area contributed by atoms with Crippen LogP contribution in [0.15, 0.2) is 24.3 Å². The van der Waals surface area contributed by atoms with Gasteiger partial charge in [0.05, 0.1) is 18.4 Å². The lowest BCUT2D eigenvalue weighted by Gasteiger charge is -2.15. The minimum Gasteiger partial charge on any atom is -0.298 e. The van der Waals surface area contributed by atoms with Gasteiger partial charge in [-0.3, -0.25) is 4.79 Å². The van der Waals surface area contributed by atoms with E-state index in [0.29, 0.717) is 6.29 Å². The first-order valence-corrected chi connectivity index (χ1v) is 5.46. The molecular formula is C12H10NO6+. The van der Waals surface area contributed by atoms with Gasteiger partial charge in [0.15, 0.2) is 6.29 Å². The van der Waals surface area contributed by atoms with E-state index in [2.05, 4.69) is 4.84 Å². The van der Waals surface area contributed by atoms with E-state index >= 15 is 0 Å². The van der Waals surface area contributed by atoms with E-state index in [9.17, 15) is 24.4 Å². The molecule has 1 aliphatic heterocycles. The number of carbonyl (C=O) groups is 4. The molecule has 1 aliphatic rings. The highest BCUT2D eigenvalue weighted by Gasteiger charge is 2.55. The Labute approximate surface area is 107 Å². The molecule has 0 radical (unpaired) electrons. The third-order valence-electron chi connectivity index (χ3n) is 2.75. The molecule has 1 fully saturated rings. The van der Waals surface area contributed by atoms with Crippen LogP contribution in [0, 0.1) is 0 Å². The number of quaternary nitrogens is 1. The molecule has 0 spiro atoms. The van der Waals surface area contributed by atoms with Gasteiger partial charge in [0.25, 0.3) is 0 Å². The molecule has 1 aromatic rings. The number of nitrogens with zero attached hydrogens (tertiary/aromatic N) is 1. The SMILES string of the molecule is O=Cc1ccccc1C(=O)O[N+]1(O)C(=O)CCC1=O. The molecule has 0 bridgehead atoms. The standard InChI is InChI=1S/C12H10NO6/c14-7-8-3-1-2-4-9(8)12(17)19-13(18)10(15)5-6-11(13)16/h1-4,7,18H,5-6H2/q+1. The number of amides is 2. The molecule has 0 saturated carbocycles. The van der Waals surface area contributed by atoms with Gasteiger partial charge in [-0.25, -0.2) is 19.2 Å². The van der Waals surface area contributed by atoms with Crippen LogP contribution >= 0.6 is 0 Å². The predicted molar refractivity (Wildman–Crippen MR) is 58.5 cm³/mol. The topological polar surface area (TPSA) is 97.7 Å². The number of hydroxylamine groups is 4. The number of imide groups is 1. The van der Waals surface area contributed by atoms with Crippen molar-refractivity contribution in [3.05, 3.63) is 35.4 Å². The van der Waals surface area contributed by atoms with Gasteiger partial charge in [-0.05, 0) is 6.07 Å². The summed E-state index contributed by atoms with van der Waals surface area (Å²) < 4.78 is 0. The van der Waals surface area contributed by atoms with Gasteiger partial charge < -0.3 is 0 Å². The zero-order chi connectivity index (χ0) is 14.0. The Morgan fingerprint density at radius 2 is 1.79 bits per heavy atom. The molecule has 0 aliphatic carbocycles. The van der Waals surface area contributed by atoms with Crippen molar-refractivity contribution >= 4 is 24.1 Å². The zero-order valence-electron chi connectivity index (χ0n) is 9.74. The van der Waals surface area contributed by atoms with Crippen molar-refractivity contribution in [3.63, 3.8) is 0 Å². The van der Waals surface area contributed by atoms with Crippen molar-refractivity contribution in [3.8, 4) is 0 Å². The molecular weight excluding hydrogens is 254 g/mol. The van der Waals surface area contributed by atoms with E-state index < -0.39 is 22.6 Å². The average molecular weight is 264 g/mol. The van der Waals surface area contributed by atoms with Gasteiger partial charge >= 0.3 is 17.8 Å². The molecule has 1 aromatic carbocycles. The molecule has 2 amide bonds. The first kappa shape index (κ1) is 13.1. The highest BCUT2D eigenvalue weighted by atomic mass is 17.0. The quantitative estimate of drug-likeness (QED) is 0.372. The third kappa shape index (κ3) is 2.16. The number of aldehydes is 1. The van der Waals surface area contributed by atoms with Crippen LogP contribution in [0.3, 0.4) is 0 Å². The van der Waals surface area contributed by atoms with Crippen LogP contribution in [0.25, 0.3) is 0 Å². The van der Waals surface area contributed by atoms with E-state index in [1.807, 2.05) is 0 Å². The van der Waals surface area contributed by atoms with Crippen molar-refractivity contribution in [2.24, 2.45) is 0 Å². The molecule has 1 heterocycles. The second-order valence-electron chi connectivity index (χ2n) is 3.95. The second-order valence-corrected chi connectivity index (χ2v) is 3.95. The first-order valence-electron chi connectivity index (χ1n) is 5.46. The minimum atomic E-state index is -1.99. The van der Waals surface area contributed by atoms with Crippen LogP contribution < -0.4 is 0 Å². The van der Waals surface area contributed by atoms with E-state index in [1.165, 1.54) is 24.3 Å². The van der Waals surface area contributed by atoms with Crippen LogP contribution in [-0.4, -0.2) is 34.1 Å². The lowest BCUT2D eigenvalue weighted by Crippen LogP contribution is -2.50. The molecule has 2 rings (SSSR count). The van der Waals surface area contributed by atoms with Gasteiger partial charge in [-0.1, -0.05) is 18.2 Å². The second kappa shape index (κ2) is 4.71. The minimum absolute atomic E-state index is 0.0400. The highest BCUT2D eigenvalue weighted by molar-refractivity contribution is 5.99. The fourth-order valence-electron chi connectivity index (χ4n) is 1.71. The van der Waals surface area contributed by atoms with Crippen LogP contribution in [-0.2, 0) is 14.4 Å². The Hall–Kier alpha value is -2.38.